The Balaban J connectivity index is 0.00000435. The predicted molar refractivity (Wildman–Crippen MR) is 224 cm³/mol. The van der Waals surface area contributed by atoms with Gasteiger partial charge in [0.05, 0.1) is 0 Å². The topological polar surface area (TPSA) is 34.1 Å². The van der Waals surface area contributed by atoms with Gasteiger partial charge in [-0.05, 0) is 88.9 Å². The van der Waals surface area contributed by atoms with Gasteiger partial charge in [0.2, 0.25) is 0 Å². The molecule has 0 saturated heterocycles. The van der Waals surface area contributed by atoms with Gasteiger partial charge in [0, 0.05) is 35.9 Å². The molecule has 0 N–H and O–H groups in total. The van der Waals surface area contributed by atoms with Crippen molar-refractivity contribution in [1.29, 1.82) is 0 Å². The van der Waals surface area contributed by atoms with Crippen molar-refractivity contribution in [3.63, 3.8) is 0 Å². The van der Waals surface area contributed by atoms with E-state index in [1.165, 1.54) is 15.9 Å². The second-order valence-corrected chi connectivity index (χ2v) is 17.2. The molecule has 8 rings (SSSR count). The molecule has 8 aromatic rings. The number of hydrogen-bond acceptors (Lipinski definition) is 2. The molecule has 258 valence electrons. The molecular formula is C48H36O2P2Ru. The number of carbonyl (C=O) groups is 2. The summed E-state index contributed by atoms with van der Waals surface area (Å²) in [6.45, 7) is 3.22. The van der Waals surface area contributed by atoms with Gasteiger partial charge in [-0.15, -0.1) is 0 Å². The molecule has 0 spiro atoms. The Morgan fingerprint density at radius 3 is 1.25 bits per heavy atom. The molecule has 0 fully saturated rings. The third-order valence-corrected chi connectivity index (χ3v) is 14.6. The van der Waals surface area contributed by atoms with Crippen molar-refractivity contribution in [2.75, 3.05) is 0 Å². The monoisotopic (exact) mass is 808 g/mol. The van der Waals surface area contributed by atoms with Gasteiger partial charge in [0.15, 0.2) is 11.6 Å². The first-order valence-electron chi connectivity index (χ1n) is 17.5. The van der Waals surface area contributed by atoms with Crippen LogP contribution in [-0.2, 0) is 19.5 Å². The molecular weight excluding hydrogens is 772 g/mol. The van der Waals surface area contributed by atoms with Gasteiger partial charge >= 0.3 is 0 Å². The van der Waals surface area contributed by atoms with Crippen LogP contribution in [0.2, 0.25) is 0 Å². The van der Waals surface area contributed by atoms with E-state index in [1.54, 1.807) is 13.8 Å². The largest absolute Gasteiger partial charge is 0.294 e. The van der Waals surface area contributed by atoms with Crippen molar-refractivity contribution in [2.45, 2.75) is 13.8 Å². The van der Waals surface area contributed by atoms with Crippen molar-refractivity contribution < 1.29 is 29.1 Å². The molecule has 53 heavy (non-hydrogen) atoms. The maximum Gasteiger partial charge on any atom is 0.161 e. The molecule has 0 aliphatic heterocycles. The molecule has 5 heteroatoms. The van der Waals surface area contributed by atoms with E-state index in [1.807, 2.05) is 24.3 Å². The quantitative estimate of drug-likeness (QED) is 0.0828. The van der Waals surface area contributed by atoms with Crippen LogP contribution in [0.25, 0.3) is 32.7 Å². The average Bonchev–Trinajstić information content (AvgIpc) is 3.19. The van der Waals surface area contributed by atoms with E-state index in [9.17, 15) is 9.59 Å². The number of carbonyl (C=O) groups excluding carboxylic acids is 2. The van der Waals surface area contributed by atoms with E-state index in [-0.39, 0.29) is 31.0 Å². The summed E-state index contributed by atoms with van der Waals surface area (Å²) in [7, 11) is -2.37. The van der Waals surface area contributed by atoms with Crippen LogP contribution < -0.4 is 31.8 Å². The van der Waals surface area contributed by atoms with Crippen LogP contribution in [0.5, 0.6) is 0 Å². The van der Waals surface area contributed by atoms with Crippen molar-refractivity contribution >= 4 is 80.8 Å². The summed E-state index contributed by atoms with van der Waals surface area (Å²) in [5, 5.41) is 10.9. The number of benzene rings is 8. The van der Waals surface area contributed by atoms with E-state index in [0.29, 0.717) is 11.1 Å². The Labute approximate surface area is 326 Å². The van der Waals surface area contributed by atoms with Crippen LogP contribution in [0.15, 0.2) is 182 Å². The number of rotatable bonds is 9. The van der Waals surface area contributed by atoms with Crippen LogP contribution in [-0.4, -0.2) is 11.6 Å². The van der Waals surface area contributed by atoms with Gasteiger partial charge in [0.25, 0.3) is 0 Å². The van der Waals surface area contributed by atoms with Gasteiger partial charge in [0.1, 0.15) is 0 Å². The molecule has 0 heterocycles. The zero-order valence-electron chi connectivity index (χ0n) is 29.4. The molecule has 0 aromatic heterocycles. The van der Waals surface area contributed by atoms with Crippen molar-refractivity contribution in [1.82, 2.24) is 0 Å². The third kappa shape index (κ3) is 6.87. The Kier molecular flexibility index (Phi) is 11.0. The van der Waals surface area contributed by atoms with Crippen LogP contribution in [0.4, 0.5) is 0 Å². The second kappa shape index (κ2) is 16.0. The molecule has 0 bridgehead atoms. The minimum atomic E-state index is -1.32. The van der Waals surface area contributed by atoms with Crippen LogP contribution in [0, 0.1) is 0 Å². The minimum Gasteiger partial charge on any atom is -0.294 e. The molecule has 0 aliphatic rings. The summed E-state index contributed by atoms with van der Waals surface area (Å²) < 4.78 is 0. The van der Waals surface area contributed by atoms with Crippen molar-refractivity contribution in [3.8, 4) is 11.1 Å². The fourth-order valence-electron chi connectivity index (χ4n) is 7.46. The van der Waals surface area contributed by atoms with Crippen molar-refractivity contribution in [2.24, 2.45) is 0 Å². The fraction of sp³-hybridized carbons (Fsp3) is 0.0417. The SMILES string of the molecule is CC(=O)c1c(P(c2ccccc2)c2ccccc2)c(-c2c(P(c3ccccc3)c3ccccc3)ccc3ccccc23)c2ccccc2c1C(C)=O.[Ru]. The molecule has 2 nitrogen and oxygen atoms in total. The maximum atomic E-state index is 14.4. The summed E-state index contributed by atoms with van der Waals surface area (Å²) in [5.74, 6) is -0.221. The minimum absolute atomic E-state index is 0. The summed E-state index contributed by atoms with van der Waals surface area (Å²) in [6, 6.07) is 63.9. The summed E-state index contributed by atoms with van der Waals surface area (Å²) in [5.41, 5.74) is 3.15. The standard InChI is InChI=1S/C48H36O2P2.Ru/c1-33(49)44-41-29-17-18-30-42(41)47(48(45(44)34(2)50)52(38-24-11-5-12-25-38)39-26-13-6-14-27-39)46-40-28-16-15-19-35(40)31-32-43(46)51(36-20-7-3-8-21-36)37-22-9-4-10-23-37;/h3-32H,1-2H3;. The Bertz CT molecular complexity index is 2490. The molecule has 0 unspecified atom stereocenters. The summed E-state index contributed by atoms with van der Waals surface area (Å²) >= 11 is 0. The van der Waals surface area contributed by atoms with Crippen molar-refractivity contribution in [3.05, 3.63) is 193 Å². The molecule has 0 radical (unpaired) electrons. The zero-order chi connectivity index (χ0) is 35.6. The first kappa shape index (κ1) is 36.5. The van der Waals surface area contributed by atoms with Crippen LogP contribution in [0.3, 0.4) is 0 Å². The Morgan fingerprint density at radius 1 is 0.377 bits per heavy atom. The van der Waals surface area contributed by atoms with E-state index in [2.05, 4.69) is 158 Å². The Hall–Kier alpha value is -4.90. The second-order valence-electron chi connectivity index (χ2n) is 12.8. The number of hydrogen-bond donors (Lipinski definition) is 0. The average molecular weight is 808 g/mol. The third-order valence-electron chi connectivity index (χ3n) is 9.57. The molecule has 0 atom stereocenters. The summed E-state index contributed by atoms with van der Waals surface area (Å²) in [6.07, 6.45) is 0. The zero-order valence-corrected chi connectivity index (χ0v) is 32.9. The van der Waals surface area contributed by atoms with Crippen LogP contribution in [0.1, 0.15) is 34.6 Å². The maximum absolute atomic E-state index is 14.4. The van der Waals surface area contributed by atoms with E-state index in [4.69, 9.17) is 0 Å². The van der Waals surface area contributed by atoms with E-state index in [0.717, 1.165) is 48.6 Å². The van der Waals surface area contributed by atoms with Gasteiger partial charge in [-0.3, -0.25) is 9.59 Å². The van der Waals surface area contributed by atoms with Gasteiger partial charge in [-0.25, -0.2) is 0 Å². The number of fused-ring (bicyclic) bond motifs is 2. The fourth-order valence-corrected chi connectivity index (χ4v) is 12.6. The number of ketones is 2. The number of Topliss-reactive ketones (excluding diaryl/α,β-unsaturated/α-hetero) is 2. The molecule has 8 aromatic carbocycles. The molecule has 0 amide bonds. The van der Waals surface area contributed by atoms with Gasteiger partial charge in [-0.1, -0.05) is 182 Å². The first-order chi connectivity index (χ1) is 25.5. The van der Waals surface area contributed by atoms with Gasteiger partial charge < -0.3 is 0 Å². The molecule has 0 aliphatic carbocycles. The van der Waals surface area contributed by atoms with Crippen LogP contribution >= 0.6 is 15.8 Å². The smallest absolute Gasteiger partial charge is 0.161 e. The van der Waals surface area contributed by atoms with Gasteiger partial charge in [-0.2, -0.15) is 0 Å². The first-order valence-corrected chi connectivity index (χ1v) is 20.1. The Morgan fingerprint density at radius 2 is 0.774 bits per heavy atom. The normalized spacial score (nSPS) is 11.2. The summed E-state index contributed by atoms with van der Waals surface area (Å²) in [4.78, 5) is 28.3. The predicted octanol–water partition coefficient (Wildman–Crippen LogP) is 9.58. The molecule has 0 saturated carbocycles. The van der Waals surface area contributed by atoms with E-state index >= 15 is 0 Å². The van der Waals surface area contributed by atoms with E-state index < -0.39 is 15.8 Å².